The third-order valence-corrected chi connectivity index (χ3v) is 9.43. The highest BCUT2D eigenvalue weighted by Crippen LogP contribution is 2.34. The average Bonchev–Trinajstić information content (AvgIpc) is 3.71. The van der Waals surface area contributed by atoms with Crippen LogP contribution in [0.3, 0.4) is 0 Å². The summed E-state index contributed by atoms with van der Waals surface area (Å²) in [5, 5.41) is 6.05. The van der Waals surface area contributed by atoms with Crippen molar-refractivity contribution < 1.29 is 28.0 Å². The van der Waals surface area contributed by atoms with E-state index in [9.17, 15) is 19.2 Å². The Morgan fingerprint density at radius 2 is 0.796 bits per heavy atom. The van der Waals surface area contributed by atoms with Crippen molar-refractivity contribution in [3.05, 3.63) is 166 Å². The molecule has 8 nitrogen and oxygen atoms in total. The zero-order valence-electron chi connectivity index (χ0n) is 30.7. The summed E-state index contributed by atoms with van der Waals surface area (Å²) >= 11 is 0. The van der Waals surface area contributed by atoms with Crippen LogP contribution in [0.25, 0.3) is 22.6 Å². The summed E-state index contributed by atoms with van der Waals surface area (Å²) in [5.74, 6) is 1.27. The first-order valence-electron chi connectivity index (χ1n) is 18.4. The molecule has 0 radical (unpaired) electrons. The van der Waals surface area contributed by atoms with Gasteiger partial charge < -0.3 is 19.5 Å². The number of ketones is 2. The molecule has 0 bridgehead atoms. The van der Waals surface area contributed by atoms with E-state index in [2.05, 4.69) is 10.6 Å². The van der Waals surface area contributed by atoms with E-state index >= 15 is 0 Å². The molecule has 0 atom stereocenters. The zero-order valence-corrected chi connectivity index (χ0v) is 30.7. The molecule has 0 aliphatic rings. The van der Waals surface area contributed by atoms with Gasteiger partial charge >= 0.3 is 0 Å². The summed E-state index contributed by atoms with van der Waals surface area (Å²) in [5.41, 5.74) is 4.72. The number of carbonyl (C=O) groups is 4. The van der Waals surface area contributed by atoms with E-state index in [0.717, 1.165) is 36.8 Å². The predicted octanol–water partition coefficient (Wildman–Crippen LogP) is 9.39. The van der Waals surface area contributed by atoms with Crippen molar-refractivity contribution in [2.45, 2.75) is 52.4 Å². The molecule has 274 valence electrons. The highest BCUT2D eigenvalue weighted by Gasteiger charge is 2.28. The molecule has 2 aromatic heterocycles. The fourth-order valence-electron chi connectivity index (χ4n) is 6.72. The van der Waals surface area contributed by atoms with Gasteiger partial charge in [-0.05, 0) is 26.7 Å². The van der Waals surface area contributed by atoms with Gasteiger partial charge in [0.25, 0.3) is 11.8 Å². The average molecular weight is 721 g/mol. The van der Waals surface area contributed by atoms with Crippen LogP contribution >= 0.6 is 0 Å². The number of furan rings is 2. The first kappa shape index (κ1) is 37.5. The number of hydrogen-bond acceptors (Lipinski definition) is 6. The van der Waals surface area contributed by atoms with Crippen LogP contribution in [0.1, 0.15) is 89.8 Å². The second-order valence-electron chi connectivity index (χ2n) is 13.3. The van der Waals surface area contributed by atoms with Crippen LogP contribution in [0.2, 0.25) is 0 Å². The second-order valence-corrected chi connectivity index (χ2v) is 13.3. The Balaban J connectivity index is 1.02. The maximum atomic E-state index is 13.5. The standard InChI is InChI=1S/C46H44N2O6/c1-31-41(37(29-39(49)33-19-9-5-10-20-33)43(53-31)35-23-13-7-14-24-35)45(51)47-27-17-3-4-18-28-48-46(52)42-32(2)54-44(36-25-15-8-16-26-36)38(42)30-40(50)34-21-11-6-12-22-34/h5-16,19-26H,3-4,17-18,27-30H2,1-2H3,(H,47,51)(H,48,52). The van der Waals surface area contributed by atoms with E-state index in [-0.39, 0.29) is 36.2 Å². The quantitative estimate of drug-likeness (QED) is 0.0716. The Morgan fingerprint density at radius 1 is 0.463 bits per heavy atom. The van der Waals surface area contributed by atoms with E-state index < -0.39 is 0 Å². The maximum absolute atomic E-state index is 13.5. The van der Waals surface area contributed by atoms with E-state index in [4.69, 9.17) is 8.83 Å². The van der Waals surface area contributed by atoms with Gasteiger partial charge in [-0.25, -0.2) is 0 Å². The molecular weight excluding hydrogens is 677 g/mol. The fourth-order valence-corrected chi connectivity index (χ4v) is 6.72. The minimum atomic E-state index is -0.270. The molecule has 0 fully saturated rings. The van der Waals surface area contributed by atoms with Gasteiger partial charge in [-0.2, -0.15) is 0 Å². The van der Waals surface area contributed by atoms with Crippen LogP contribution in [0.15, 0.2) is 130 Å². The van der Waals surface area contributed by atoms with Crippen LogP contribution in [0.5, 0.6) is 0 Å². The van der Waals surface area contributed by atoms with Gasteiger partial charge in [0, 0.05) is 59.3 Å². The molecule has 0 aliphatic carbocycles. The Morgan fingerprint density at radius 3 is 1.15 bits per heavy atom. The smallest absolute Gasteiger partial charge is 0.255 e. The van der Waals surface area contributed by atoms with Crippen molar-refractivity contribution in [2.24, 2.45) is 0 Å². The van der Waals surface area contributed by atoms with Crippen molar-refractivity contribution in [1.29, 1.82) is 0 Å². The zero-order chi connectivity index (χ0) is 37.9. The number of unbranched alkanes of at least 4 members (excludes halogenated alkanes) is 3. The van der Waals surface area contributed by atoms with Gasteiger partial charge in [0.15, 0.2) is 11.6 Å². The van der Waals surface area contributed by atoms with Crippen molar-refractivity contribution >= 4 is 23.4 Å². The number of benzene rings is 4. The molecule has 6 aromatic rings. The van der Waals surface area contributed by atoms with E-state index in [1.165, 1.54) is 0 Å². The van der Waals surface area contributed by atoms with Crippen molar-refractivity contribution in [3.8, 4) is 22.6 Å². The molecule has 2 amide bonds. The molecule has 6 rings (SSSR count). The molecule has 8 heteroatoms. The molecule has 0 spiro atoms. The Bertz CT molecular complexity index is 2040. The number of nitrogens with one attached hydrogen (secondary N) is 2. The van der Waals surface area contributed by atoms with E-state index in [1.54, 1.807) is 38.1 Å². The van der Waals surface area contributed by atoms with Gasteiger partial charge in [-0.3, -0.25) is 19.2 Å². The van der Waals surface area contributed by atoms with E-state index in [0.29, 0.717) is 69.5 Å². The third-order valence-electron chi connectivity index (χ3n) is 9.43. The monoisotopic (exact) mass is 720 g/mol. The lowest BCUT2D eigenvalue weighted by atomic mass is 9.96. The molecule has 0 unspecified atom stereocenters. The predicted molar refractivity (Wildman–Crippen MR) is 210 cm³/mol. The molecule has 0 saturated heterocycles. The highest BCUT2D eigenvalue weighted by molar-refractivity contribution is 6.04. The first-order chi connectivity index (χ1) is 26.3. The lowest BCUT2D eigenvalue weighted by Gasteiger charge is -2.09. The van der Waals surface area contributed by atoms with Crippen LogP contribution in [0, 0.1) is 13.8 Å². The SMILES string of the molecule is Cc1oc(-c2ccccc2)c(CC(=O)c2ccccc2)c1C(=O)NCCCCCCNC(=O)c1c(C)oc(-c2ccccc2)c1CC(=O)c1ccccc1. The van der Waals surface area contributed by atoms with Crippen LogP contribution in [-0.2, 0) is 12.8 Å². The van der Waals surface area contributed by atoms with Gasteiger partial charge in [-0.15, -0.1) is 0 Å². The molecule has 0 saturated carbocycles. The molecule has 54 heavy (non-hydrogen) atoms. The Labute approximate surface area is 315 Å². The summed E-state index contributed by atoms with van der Waals surface area (Å²) in [6, 6.07) is 37.1. The molecule has 0 aliphatic heterocycles. The van der Waals surface area contributed by atoms with Crippen LogP contribution in [-0.4, -0.2) is 36.5 Å². The van der Waals surface area contributed by atoms with Gasteiger partial charge in [0.05, 0.1) is 11.1 Å². The summed E-state index contributed by atoms with van der Waals surface area (Å²) < 4.78 is 12.2. The van der Waals surface area contributed by atoms with Crippen molar-refractivity contribution in [1.82, 2.24) is 10.6 Å². The topological polar surface area (TPSA) is 119 Å². The van der Waals surface area contributed by atoms with Crippen molar-refractivity contribution in [3.63, 3.8) is 0 Å². The number of amides is 2. The lowest BCUT2D eigenvalue weighted by molar-refractivity contribution is 0.0938. The second kappa shape index (κ2) is 18.0. The maximum Gasteiger partial charge on any atom is 0.255 e. The summed E-state index contributed by atoms with van der Waals surface area (Å²) in [6.07, 6.45) is 3.25. The van der Waals surface area contributed by atoms with Crippen molar-refractivity contribution in [2.75, 3.05) is 13.1 Å². The highest BCUT2D eigenvalue weighted by atomic mass is 16.3. The first-order valence-corrected chi connectivity index (χ1v) is 18.4. The lowest BCUT2D eigenvalue weighted by Crippen LogP contribution is -2.27. The van der Waals surface area contributed by atoms with Crippen LogP contribution in [0.4, 0.5) is 0 Å². The van der Waals surface area contributed by atoms with Gasteiger partial charge in [-0.1, -0.05) is 134 Å². The molecule has 4 aromatic carbocycles. The third kappa shape index (κ3) is 9.01. The number of Topliss-reactive ketones (excluding diaryl/α,β-unsaturated/α-hetero) is 2. The Kier molecular flexibility index (Phi) is 12.5. The number of carbonyl (C=O) groups excluding carboxylic acids is 4. The number of aryl methyl sites for hydroxylation is 2. The van der Waals surface area contributed by atoms with Gasteiger partial charge in [0.1, 0.15) is 23.0 Å². The summed E-state index contributed by atoms with van der Waals surface area (Å²) in [7, 11) is 0. The number of hydrogen-bond donors (Lipinski definition) is 2. The Hall–Kier alpha value is -6.28. The minimum absolute atomic E-state index is 0.0385. The molecule has 2 N–H and O–H groups in total. The van der Waals surface area contributed by atoms with Crippen LogP contribution < -0.4 is 10.6 Å². The normalized spacial score (nSPS) is 10.9. The minimum Gasteiger partial charge on any atom is -0.460 e. The largest absolute Gasteiger partial charge is 0.460 e. The molecule has 2 heterocycles. The molecular formula is C46H44N2O6. The summed E-state index contributed by atoms with van der Waals surface area (Å²) in [6.45, 7) is 4.42. The fraction of sp³-hybridized carbons (Fsp3) is 0.217. The summed E-state index contributed by atoms with van der Waals surface area (Å²) in [4.78, 5) is 53.6. The van der Waals surface area contributed by atoms with E-state index in [1.807, 2.05) is 97.1 Å². The number of rotatable bonds is 17. The van der Waals surface area contributed by atoms with Gasteiger partial charge in [0.2, 0.25) is 0 Å².